The smallest absolute Gasteiger partial charge is 0.0431 e. The second-order valence-corrected chi connectivity index (χ2v) is 4.47. The Balaban J connectivity index is 2.49. The summed E-state index contributed by atoms with van der Waals surface area (Å²) in [5, 5.41) is 12.2. The molecule has 1 aromatic rings. The Bertz CT molecular complexity index is 323. The van der Waals surface area contributed by atoms with E-state index in [0.717, 1.165) is 19.4 Å². The zero-order valence-corrected chi connectivity index (χ0v) is 10.6. The molecule has 1 aromatic carbocycles. The van der Waals surface area contributed by atoms with Crippen LogP contribution >= 0.6 is 0 Å². The van der Waals surface area contributed by atoms with Gasteiger partial charge in [-0.25, -0.2) is 0 Å². The maximum atomic E-state index is 8.70. The van der Waals surface area contributed by atoms with Crippen LogP contribution < -0.4 is 5.32 Å². The quantitative estimate of drug-likeness (QED) is 0.724. The SMILES string of the molecule is Cc1ccc(C(C)NCCCCO)c(C)c1. The summed E-state index contributed by atoms with van der Waals surface area (Å²) in [4.78, 5) is 0. The average Bonchev–Trinajstić information content (AvgIpc) is 2.24. The number of aliphatic hydroxyl groups is 1. The van der Waals surface area contributed by atoms with E-state index in [4.69, 9.17) is 5.11 Å². The molecule has 0 fully saturated rings. The molecule has 0 amide bonds. The molecule has 90 valence electrons. The zero-order valence-electron chi connectivity index (χ0n) is 10.6. The lowest BCUT2D eigenvalue weighted by molar-refractivity contribution is 0.283. The van der Waals surface area contributed by atoms with Crippen molar-refractivity contribution in [3.05, 3.63) is 34.9 Å². The summed E-state index contributed by atoms with van der Waals surface area (Å²) in [5.74, 6) is 0. The molecule has 1 unspecified atom stereocenters. The molecule has 0 spiro atoms. The van der Waals surface area contributed by atoms with E-state index in [1.165, 1.54) is 16.7 Å². The van der Waals surface area contributed by atoms with Crippen molar-refractivity contribution in [2.24, 2.45) is 0 Å². The first-order valence-electron chi connectivity index (χ1n) is 6.06. The predicted octanol–water partition coefficient (Wildman–Crippen LogP) is 2.73. The van der Waals surface area contributed by atoms with Gasteiger partial charge >= 0.3 is 0 Å². The molecule has 2 nitrogen and oxygen atoms in total. The maximum absolute atomic E-state index is 8.70. The van der Waals surface area contributed by atoms with Gasteiger partial charge in [-0.05, 0) is 51.3 Å². The van der Waals surface area contributed by atoms with Crippen molar-refractivity contribution < 1.29 is 5.11 Å². The third-order valence-electron chi connectivity index (χ3n) is 2.93. The molecule has 2 N–H and O–H groups in total. The average molecular weight is 221 g/mol. The third-order valence-corrected chi connectivity index (χ3v) is 2.93. The van der Waals surface area contributed by atoms with Crippen LogP contribution in [0.15, 0.2) is 18.2 Å². The first-order chi connectivity index (χ1) is 7.65. The lowest BCUT2D eigenvalue weighted by Gasteiger charge is -2.17. The van der Waals surface area contributed by atoms with Gasteiger partial charge in [-0.15, -0.1) is 0 Å². The largest absolute Gasteiger partial charge is 0.396 e. The minimum Gasteiger partial charge on any atom is -0.396 e. The summed E-state index contributed by atoms with van der Waals surface area (Å²) in [5.41, 5.74) is 4.03. The standard InChI is InChI=1S/C14H23NO/c1-11-6-7-14(12(2)10-11)13(3)15-8-4-5-9-16/h6-7,10,13,15-16H,4-5,8-9H2,1-3H3. The lowest BCUT2D eigenvalue weighted by Crippen LogP contribution is -2.20. The third kappa shape index (κ3) is 3.95. The van der Waals surface area contributed by atoms with Crippen LogP contribution in [0.4, 0.5) is 0 Å². The summed E-state index contributed by atoms with van der Waals surface area (Å²) in [6.45, 7) is 7.73. The van der Waals surface area contributed by atoms with Crippen LogP contribution in [0.2, 0.25) is 0 Å². The molecule has 0 saturated heterocycles. The molecule has 16 heavy (non-hydrogen) atoms. The Hall–Kier alpha value is -0.860. The molecule has 0 heterocycles. The van der Waals surface area contributed by atoms with Crippen LogP contribution in [0, 0.1) is 13.8 Å². The number of rotatable bonds is 6. The first kappa shape index (κ1) is 13.2. The van der Waals surface area contributed by atoms with Gasteiger partial charge in [-0.2, -0.15) is 0 Å². The molecule has 1 rings (SSSR count). The molecule has 0 aliphatic carbocycles. The number of hydrogen-bond donors (Lipinski definition) is 2. The van der Waals surface area contributed by atoms with E-state index >= 15 is 0 Å². The van der Waals surface area contributed by atoms with Gasteiger partial charge < -0.3 is 10.4 Å². The van der Waals surface area contributed by atoms with Crippen LogP contribution in [0.5, 0.6) is 0 Å². The van der Waals surface area contributed by atoms with Crippen LogP contribution in [0.25, 0.3) is 0 Å². The molecular formula is C14H23NO. The summed E-state index contributed by atoms with van der Waals surface area (Å²) >= 11 is 0. The second-order valence-electron chi connectivity index (χ2n) is 4.47. The van der Waals surface area contributed by atoms with E-state index in [1.807, 2.05) is 0 Å². The fourth-order valence-electron chi connectivity index (χ4n) is 1.98. The van der Waals surface area contributed by atoms with Crippen molar-refractivity contribution in [1.29, 1.82) is 0 Å². The van der Waals surface area contributed by atoms with Gasteiger partial charge in [0.2, 0.25) is 0 Å². The van der Waals surface area contributed by atoms with Crippen LogP contribution in [-0.2, 0) is 0 Å². The summed E-state index contributed by atoms with van der Waals surface area (Å²) in [7, 11) is 0. The van der Waals surface area contributed by atoms with Gasteiger partial charge in [-0.1, -0.05) is 23.8 Å². The van der Waals surface area contributed by atoms with Crippen molar-refractivity contribution in [1.82, 2.24) is 5.32 Å². The van der Waals surface area contributed by atoms with Gasteiger partial charge in [-0.3, -0.25) is 0 Å². The summed E-state index contributed by atoms with van der Waals surface area (Å²) in [6.07, 6.45) is 1.92. The number of benzene rings is 1. The lowest BCUT2D eigenvalue weighted by atomic mass is 10.0. The Morgan fingerprint density at radius 3 is 2.62 bits per heavy atom. The molecular weight excluding hydrogens is 198 g/mol. The van der Waals surface area contributed by atoms with E-state index in [-0.39, 0.29) is 0 Å². The predicted molar refractivity (Wildman–Crippen MR) is 68.7 cm³/mol. The Kier molecular flexibility index (Phi) is 5.50. The van der Waals surface area contributed by atoms with Gasteiger partial charge in [0, 0.05) is 12.6 Å². The van der Waals surface area contributed by atoms with Crippen LogP contribution in [0.1, 0.15) is 42.5 Å². The highest BCUT2D eigenvalue weighted by atomic mass is 16.2. The van der Waals surface area contributed by atoms with Crippen molar-refractivity contribution in [3.63, 3.8) is 0 Å². The molecule has 0 aliphatic heterocycles. The Morgan fingerprint density at radius 2 is 2.00 bits per heavy atom. The number of unbranched alkanes of at least 4 members (excludes halogenated alkanes) is 1. The van der Waals surface area contributed by atoms with Crippen molar-refractivity contribution in [2.45, 2.75) is 39.7 Å². The molecule has 0 radical (unpaired) electrons. The molecule has 2 heteroatoms. The van der Waals surface area contributed by atoms with Gasteiger partial charge in [0.1, 0.15) is 0 Å². The van der Waals surface area contributed by atoms with Crippen LogP contribution in [0.3, 0.4) is 0 Å². The van der Waals surface area contributed by atoms with Crippen LogP contribution in [-0.4, -0.2) is 18.3 Å². The molecule has 1 atom stereocenters. The van der Waals surface area contributed by atoms with E-state index in [9.17, 15) is 0 Å². The Morgan fingerprint density at radius 1 is 1.25 bits per heavy atom. The molecule has 0 saturated carbocycles. The summed E-state index contributed by atoms with van der Waals surface area (Å²) < 4.78 is 0. The number of aryl methyl sites for hydroxylation is 2. The molecule has 0 aliphatic rings. The second kappa shape index (κ2) is 6.66. The summed E-state index contributed by atoms with van der Waals surface area (Å²) in [6, 6.07) is 6.98. The van der Waals surface area contributed by atoms with Crippen molar-refractivity contribution in [2.75, 3.05) is 13.2 Å². The monoisotopic (exact) mass is 221 g/mol. The first-order valence-corrected chi connectivity index (χ1v) is 6.06. The zero-order chi connectivity index (χ0) is 12.0. The van der Waals surface area contributed by atoms with Crippen molar-refractivity contribution >= 4 is 0 Å². The molecule has 0 bridgehead atoms. The minimum atomic E-state index is 0.291. The number of hydrogen-bond acceptors (Lipinski definition) is 2. The minimum absolute atomic E-state index is 0.291. The maximum Gasteiger partial charge on any atom is 0.0431 e. The highest BCUT2D eigenvalue weighted by molar-refractivity contribution is 5.32. The highest BCUT2D eigenvalue weighted by Crippen LogP contribution is 2.18. The van der Waals surface area contributed by atoms with Gasteiger partial charge in [0.05, 0.1) is 0 Å². The van der Waals surface area contributed by atoms with Gasteiger partial charge in [0.15, 0.2) is 0 Å². The fourth-order valence-corrected chi connectivity index (χ4v) is 1.98. The van der Waals surface area contributed by atoms with E-state index in [0.29, 0.717) is 12.6 Å². The number of nitrogens with one attached hydrogen (secondary N) is 1. The van der Waals surface area contributed by atoms with E-state index < -0.39 is 0 Å². The number of aliphatic hydroxyl groups excluding tert-OH is 1. The Labute approximate surface area is 98.7 Å². The van der Waals surface area contributed by atoms with E-state index in [2.05, 4.69) is 44.3 Å². The van der Waals surface area contributed by atoms with Crippen molar-refractivity contribution in [3.8, 4) is 0 Å². The highest BCUT2D eigenvalue weighted by Gasteiger charge is 2.06. The van der Waals surface area contributed by atoms with Gasteiger partial charge in [0.25, 0.3) is 0 Å². The normalized spacial score (nSPS) is 12.8. The fraction of sp³-hybridized carbons (Fsp3) is 0.571. The molecule has 0 aromatic heterocycles. The van der Waals surface area contributed by atoms with E-state index in [1.54, 1.807) is 0 Å². The topological polar surface area (TPSA) is 32.3 Å².